The van der Waals surface area contributed by atoms with Gasteiger partial charge in [0.25, 0.3) is 5.91 Å². The lowest BCUT2D eigenvalue weighted by Gasteiger charge is -2.28. The smallest absolute Gasteiger partial charge is 0.416 e. The predicted octanol–water partition coefficient (Wildman–Crippen LogP) is 4.97. The number of anilines is 2. The molecule has 10 nitrogen and oxygen atoms in total. The van der Waals surface area contributed by atoms with E-state index < -0.39 is 45.2 Å². The average Bonchev–Trinajstić information content (AvgIpc) is 3.27. The molecule has 1 aliphatic rings. The second-order valence-electron chi connectivity index (χ2n) is 11.0. The largest absolute Gasteiger partial charge is 0.444 e. The summed E-state index contributed by atoms with van der Waals surface area (Å²) in [6, 6.07) is 8.00. The van der Waals surface area contributed by atoms with Crippen LogP contribution in [-0.2, 0) is 38.6 Å². The summed E-state index contributed by atoms with van der Waals surface area (Å²) in [6.45, 7) is 5.29. The van der Waals surface area contributed by atoms with E-state index in [0.29, 0.717) is 16.7 Å². The first-order chi connectivity index (χ1) is 19.4. The molecular weight excluding hydrogens is 575 g/mol. The van der Waals surface area contributed by atoms with Gasteiger partial charge in [-0.15, -0.1) is 0 Å². The molecule has 0 spiro atoms. The molecule has 0 bridgehead atoms. The summed E-state index contributed by atoms with van der Waals surface area (Å²) >= 11 is 0. The van der Waals surface area contributed by atoms with E-state index in [1.54, 1.807) is 32.7 Å². The third-order valence-electron chi connectivity index (χ3n) is 6.31. The fraction of sp³-hybridized carbons (Fsp3) is 0.357. The fourth-order valence-corrected chi connectivity index (χ4v) is 5.04. The fourth-order valence-electron chi connectivity index (χ4n) is 4.37. The van der Waals surface area contributed by atoms with Crippen molar-refractivity contribution in [3.05, 3.63) is 77.1 Å². The molecule has 42 heavy (non-hydrogen) atoms. The van der Waals surface area contributed by atoms with Gasteiger partial charge in [0.05, 0.1) is 35.1 Å². The minimum absolute atomic E-state index is 0.0319. The number of sulfone groups is 1. The normalized spacial score (nSPS) is 15.2. The molecule has 2 aromatic carbocycles. The number of carbonyl (C=O) groups excluding carboxylic acids is 2. The van der Waals surface area contributed by atoms with Crippen LogP contribution < -0.4 is 10.2 Å². The van der Waals surface area contributed by atoms with Crippen molar-refractivity contribution in [3.63, 3.8) is 0 Å². The Balaban J connectivity index is 1.51. The highest BCUT2D eigenvalue weighted by molar-refractivity contribution is 7.90. The lowest BCUT2D eigenvalue weighted by Crippen LogP contribution is -2.40. The Labute approximate surface area is 241 Å². The second-order valence-corrected chi connectivity index (χ2v) is 13.0. The lowest BCUT2D eigenvalue weighted by atomic mass is 10.0. The number of nitrogens with zero attached hydrogens (tertiary/aromatic N) is 4. The number of hydrogen-bond donors (Lipinski definition) is 1. The van der Waals surface area contributed by atoms with Crippen LogP contribution in [0.4, 0.5) is 29.6 Å². The summed E-state index contributed by atoms with van der Waals surface area (Å²) in [7, 11) is -1.85. The Morgan fingerprint density at radius 1 is 1.07 bits per heavy atom. The van der Waals surface area contributed by atoms with E-state index >= 15 is 0 Å². The molecule has 224 valence electrons. The van der Waals surface area contributed by atoms with Crippen LogP contribution in [-0.4, -0.2) is 54.2 Å². The SMILES string of the molecule is CN(Cc1ccc(C(F)(F)F)cc1)c1ncc(NC(=O)[C@H]2c3ccc(S(C)(=O)=O)cc3CN2C(=O)OC(C)(C)C)cn1. The lowest BCUT2D eigenvalue weighted by molar-refractivity contribution is -0.137. The topological polar surface area (TPSA) is 122 Å². The van der Waals surface area contributed by atoms with Crippen LogP contribution in [0, 0.1) is 0 Å². The van der Waals surface area contributed by atoms with Crippen molar-refractivity contribution >= 4 is 33.5 Å². The summed E-state index contributed by atoms with van der Waals surface area (Å²) < 4.78 is 68.1. The van der Waals surface area contributed by atoms with Gasteiger partial charge in [-0.05, 0) is 61.7 Å². The summed E-state index contributed by atoms with van der Waals surface area (Å²) in [6.07, 6.45) is -1.36. The van der Waals surface area contributed by atoms with E-state index in [4.69, 9.17) is 4.74 Å². The van der Waals surface area contributed by atoms with E-state index in [2.05, 4.69) is 15.3 Å². The summed E-state index contributed by atoms with van der Waals surface area (Å²) in [5.74, 6) is -0.316. The van der Waals surface area contributed by atoms with E-state index in [1.165, 1.54) is 47.6 Å². The molecule has 0 unspecified atom stereocenters. The Morgan fingerprint density at radius 3 is 2.24 bits per heavy atom. The quantitative estimate of drug-likeness (QED) is 0.418. The predicted molar refractivity (Wildman–Crippen MR) is 148 cm³/mol. The van der Waals surface area contributed by atoms with Crippen LogP contribution in [0.25, 0.3) is 0 Å². The Bertz CT molecular complexity index is 1590. The average molecular weight is 606 g/mol. The van der Waals surface area contributed by atoms with E-state index in [9.17, 15) is 31.2 Å². The van der Waals surface area contributed by atoms with Crippen LogP contribution in [0.15, 0.2) is 59.8 Å². The molecule has 1 N–H and O–H groups in total. The highest BCUT2D eigenvalue weighted by Crippen LogP contribution is 2.37. The van der Waals surface area contributed by atoms with Crippen molar-refractivity contribution < 1.29 is 35.9 Å². The number of amides is 2. The summed E-state index contributed by atoms with van der Waals surface area (Å²) in [5.41, 5.74) is 0.238. The van der Waals surface area contributed by atoms with Gasteiger partial charge in [0.15, 0.2) is 9.84 Å². The van der Waals surface area contributed by atoms with Gasteiger partial charge in [-0.1, -0.05) is 18.2 Å². The number of carbonyl (C=O) groups is 2. The number of benzene rings is 2. The van der Waals surface area contributed by atoms with Crippen LogP contribution >= 0.6 is 0 Å². The van der Waals surface area contributed by atoms with Gasteiger partial charge in [-0.25, -0.2) is 23.2 Å². The molecule has 1 atom stereocenters. The van der Waals surface area contributed by atoms with Gasteiger partial charge < -0.3 is 15.0 Å². The Morgan fingerprint density at radius 2 is 1.69 bits per heavy atom. The van der Waals surface area contributed by atoms with Crippen molar-refractivity contribution in [3.8, 4) is 0 Å². The van der Waals surface area contributed by atoms with Crippen LogP contribution in [0.1, 0.15) is 49.1 Å². The van der Waals surface area contributed by atoms with E-state index in [-0.39, 0.29) is 29.6 Å². The van der Waals surface area contributed by atoms with E-state index in [0.717, 1.165) is 18.4 Å². The Hall–Kier alpha value is -4.20. The van der Waals surface area contributed by atoms with Crippen LogP contribution in [0.5, 0.6) is 0 Å². The first-order valence-corrected chi connectivity index (χ1v) is 14.6. The molecule has 0 radical (unpaired) electrons. The highest BCUT2D eigenvalue weighted by atomic mass is 32.2. The first kappa shape index (κ1) is 30.8. The number of nitrogens with one attached hydrogen (secondary N) is 1. The summed E-state index contributed by atoms with van der Waals surface area (Å²) in [4.78, 5) is 37.9. The zero-order chi connectivity index (χ0) is 31.0. The van der Waals surface area contributed by atoms with E-state index in [1.807, 2.05) is 0 Å². The molecule has 14 heteroatoms. The third-order valence-corrected chi connectivity index (χ3v) is 7.42. The van der Waals surface area contributed by atoms with Crippen molar-refractivity contribution in [2.24, 2.45) is 0 Å². The monoisotopic (exact) mass is 605 g/mol. The van der Waals surface area contributed by atoms with Gasteiger partial charge in [-0.3, -0.25) is 9.69 Å². The molecule has 2 amide bonds. The molecule has 0 saturated heterocycles. The standard InChI is InChI=1S/C28H30F3N5O5S/c1-27(2,3)41-26(38)36-16-18-12-21(42(5,39)40)10-11-22(18)23(36)24(37)34-20-13-32-25(33-14-20)35(4)15-17-6-8-19(9-7-17)28(29,30)31/h6-14,23H,15-16H2,1-5H3,(H,34,37)/t23-/m1/s1. The zero-order valence-electron chi connectivity index (χ0n) is 23.6. The maximum Gasteiger partial charge on any atom is 0.416 e. The molecule has 0 aliphatic carbocycles. The Kier molecular flexibility index (Phi) is 8.22. The van der Waals surface area contributed by atoms with Gasteiger partial charge >= 0.3 is 12.3 Å². The molecule has 0 fully saturated rings. The van der Waals surface area contributed by atoms with Gasteiger partial charge in [-0.2, -0.15) is 13.2 Å². The van der Waals surface area contributed by atoms with Gasteiger partial charge in [0, 0.05) is 19.8 Å². The van der Waals surface area contributed by atoms with Gasteiger partial charge in [0.1, 0.15) is 11.6 Å². The van der Waals surface area contributed by atoms with Crippen molar-refractivity contribution in [1.82, 2.24) is 14.9 Å². The zero-order valence-corrected chi connectivity index (χ0v) is 24.4. The minimum Gasteiger partial charge on any atom is -0.444 e. The highest BCUT2D eigenvalue weighted by Gasteiger charge is 2.41. The number of hydrogen-bond acceptors (Lipinski definition) is 8. The number of aromatic nitrogens is 2. The third kappa shape index (κ3) is 7.16. The molecule has 4 rings (SSSR count). The maximum absolute atomic E-state index is 13.5. The molecule has 0 saturated carbocycles. The van der Waals surface area contributed by atoms with Crippen LogP contribution in [0.3, 0.4) is 0 Å². The number of ether oxygens (including phenoxy) is 1. The van der Waals surface area contributed by atoms with Crippen molar-refractivity contribution in [1.29, 1.82) is 0 Å². The number of rotatable bonds is 6. The van der Waals surface area contributed by atoms with Gasteiger partial charge in [0.2, 0.25) is 5.95 Å². The van der Waals surface area contributed by atoms with Crippen molar-refractivity contribution in [2.75, 3.05) is 23.5 Å². The molecule has 3 aromatic rings. The van der Waals surface area contributed by atoms with Crippen molar-refractivity contribution in [2.45, 2.75) is 56.6 Å². The molecule has 2 heterocycles. The second kappa shape index (κ2) is 11.2. The summed E-state index contributed by atoms with van der Waals surface area (Å²) in [5, 5.41) is 2.70. The molecular formula is C28H30F3N5O5S. The molecule has 1 aromatic heterocycles. The maximum atomic E-state index is 13.5. The minimum atomic E-state index is -4.42. The number of fused-ring (bicyclic) bond motifs is 1. The number of halogens is 3. The molecule has 1 aliphatic heterocycles. The van der Waals surface area contributed by atoms with Crippen LogP contribution in [0.2, 0.25) is 0 Å². The first-order valence-electron chi connectivity index (χ1n) is 12.7. The number of alkyl halides is 3.